The summed E-state index contributed by atoms with van der Waals surface area (Å²) in [5, 5.41) is 5.59. The number of benzene rings is 1. The minimum absolute atomic E-state index is 0.665. The van der Waals surface area contributed by atoms with Crippen molar-refractivity contribution in [1.29, 1.82) is 0 Å². The van der Waals surface area contributed by atoms with E-state index in [-0.39, 0.29) is 0 Å². The Morgan fingerprint density at radius 1 is 1.18 bits per heavy atom. The zero-order chi connectivity index (χ0) is 14.9. The molecule has 4 rings (SSSR count). The summed E-state index contributed by atoms with van der Waals surface area (Å²) in [5.74, 6) is 1.01. The van der Waals surface area contributed by atoms with E-state index < -0.39 is 0 Å². The largest absolute Gasteiger partial charge is 0.488 e. The first-order valence-electron chi connectivity index (χ1n) is 7.78. The van der Waals surface area contributed by atoms with Crippen molar-refractivity contribution in [3.05, 3.63) is 45.6 Å². The standard InChI is InChI=1S/C18H20N2OS/c1-13-8-18(22-12-13)15-9-14-2-3-16(10-17(14)21-11-15)20-6-4-19-5-7-20/h2-3,8-10,12,19H,4-7,11H2,1H3. The summed E-state index contributed by atoms with van der Waals surface area (Å²) in [6.45, 7) is 7.04. The fourth-order valence-corrected chi connectivity index (χ4v) is 3.92. The van der Waals surface area contributed by atoms with Gasteiger partial charge in [0.2, 0.25) is 0 Å². The number of nitrogens with zero attached hydrogens (tertiary/aromatic N) is 1. The molecule has 3 heterocycles. The minimum atomic E-state index is 0.665. The Hall–Kier alpha value is -1.78. The van der Waals surface area contributed by atoms with Gasteiger partial charge in [0.25, 0.3) is 0 Å². The lowest BCUT2D eigenvalue weighted by atomic mass is 10.0. The summed E-state index contributed by atoms with van der Waals surface area (Å²) in [4.78, 5) is 3.73. The fourth-order valence-electron chi connectivity index (χ4n) is 3.01. The topological polar surface area (TPSA) is 24.5 Å². The number of hydrogen-bond donors (Lipinski definition) is 1. The van der Waals surface area contributed by atoms with E-state index >= 15 is 0 Å². The van der Waals surface area contributed by atoms with E-state index in [2.05, 4.69) is 52.9 Å². The Bertz CT molecular complexity index is 714. The van der Waals surface area contributed by atoms with Gasteiger partial charge in [0, 0.05) is 53.9 Å². The molecule has 0 spiro atoms. The minimum Gasteiger partial charge on any atom is -0.488 e. The van der Waals surface area contributed by atoms with Crippen molar-refractivity contribution in [3.63, 3.8) is 0 Å². The molecule has 0 amide bonds. The molecule has 1 aromatic carbocycles. The van der Waals surface area contributed by atoms with Crippen molar-refractivity contribution < 1.29 is 4.74 Å². The summed E-state index contributed by atoms with van der Waals surface area (Å²) in [5.41, 5.74) is 5.05. The Morgan fingerprint density at radius 3 is 2.82 bits per heavy atom. The van der Waals surface area contributed by atoms with Crippen LogP contribution in [-0.4, -0.2) is 32.8 Å². The fraction of sp³-hybridized carbons (Fsp3) is 0.333. The molecule has 0 unspecified atom stereocenters. The van der Waals surface area contributed by atoms with Gasteiger partial charge in [-0.2, -0.15) is 0 Å². The van der Waals surface area contributed by atoms with Gasteiger partial charge in [-0.15, -0.1) is 11.3 Å². The molecule has 22 heavy (non-hydrogen) atoms. The van der Waals surface area contributed by atoms with E-state index in [9.17, 15) is 0 Å². The van der Waals surface area contributed by atoms with Gasteiger partial charge in [0.15, 0.2) is 0 Å². The normalized spacial score (nSPS) is 17.7. The monoisotopic (exact) mass is 312 g/mol. The Labute approximate surface area is 135 Å². The average Bonchev–Trinajstić information content (AvgIpc) is 3.01. The number of fused-ring (bicyclic) bond motifs is 1. The molecule has 3 nitrogen and oxygen atoms in total. The highest BCUT2D eigenvalue weighted by Crippen LogP contribution is 2.35. The van der Waals surface area contributed by atoms with Crippen LogP contribution in [0.2, 0.25) is 0 Å². The van der Waals surface area contributed by atoms with Gasteiger partial charge in [-0.3, -0.25) is 0 Å². The maximum absolute atomic E-state index is 6.03. The second-order valence-electron chi connectivity index (χ2n) is 5.91. The number of thiophene rings is 1. The molecule has 0 radical (unpaired) electrons. The van der Waals surface area contributed by atoms with Crippen LogP contribution in [0.25, 0.3) is 11.6 Å². The molecule has 2 aromatic rings. The van der Waals surface area contributed by atoms with Crippen molar-refractivity contribution in [2.24, 2.45) is 0 Å². The molecular weight excluding hydrogens is 292 g/mol. The second-order valence-corrected chi connectivity index (χ2v) is 6.82. The van der Waals surface area contributed by atoms with Gasteiger partial charge < -0.3 is 15.0 Å². The van der Waals surface area contributed by atoms with Gasteiger partial charge in [0.05, 0.1) is 0 Å². The lowest BCUT2D eigenvalue weighted by molar-refractivity contribution is 0.366. The molecule has 0 bridgehead atoms. The molecule has 4 heteroatoms. The van der Waals surface area contributed by atoms with Crippen molar-refractivity contribution in [2.75, 3.05) is 37.7 Å². The third-order valence-corrected chi connectivity index (χ3v) is 5.36. The summed E-state index contributed by atoms with van der Waals surface area (Å²) in [6.07, 6.45) is 2.27. The highest BCUT2D eigenvalue weighted by atomic mass is 32.1. The molecule has 2 aliphatic heterocycles. The quantitative estimate of drug-likeness (QED) is 0.920. The zero-order valence-corrected chi connectivity index (χ0v) is 13.6. The Kier molecular flexibility index (Phi) is 3.64. The smallest absolute Gasteiger partial charge is 0.129 e. The molecule has 0 atom stereocenters. The molecule has 1 N–H and O–H groups in total. The Balaban J connectivity index is 1.62. The van der Waals surface area contributed by atoms with Crippen LogP contribution < -0.4 is 15.0 Å². The molecule has 1 aromatic heterocycles. The molecule has 0 saturated carbocycles. The van der Waals surface area contributed by atoms with Crippen LogP contribution in [0.5, 0.6) is 5.75 Å². The van der Waals surface area contributed by atoms with Gasteiger partial charge in [-0.25, -0.2) is 0 Å². The molecule has 114 valence electrons. The lowest BCUT2D eigenvalue weighted by Gasteiger charge is -2.30. The van der Waals surface area contributed by atoms with E-state index in [1.54, 1.807) is 11.3 Å². The van der Waals surface area contributed by atoms with Crippen molar-refractivity contribution in [3.8, 4) is 5.75 Å². The highest BCUT2D eigenvalue weighted by molar-refractivity contribution is 7.11. The van der Waals surface area contributed by atoms with Crippen LogP contribution in [0.3, 0.4) is 0 Å². The van der Waals surface area contributed by atoms with E-state index in [0.717, 1.165) is 31.9 Å². The number of nitrogens with one attached hydrogen (secondary N) is 1. The number of hydrogen-bond acceptors (Lipinski definition) is 4. The first-order chi connectivity index (χ1) is 10.8. The Morgan fingerprint density at radius 2 is 2.05 bits per heavy atom. The molecule has 1 saturated heterocycles. The van der Waals surface area contributed by atoms with Gasteiger partial charge >= 0.3 is 0 Å². The zero-order valence-electron chi connectivity index (χ0n) is 12.8. The highest BCUT2D eigenvalue weighted by Gasteiger charge is 2.17. The number of piperazine rings is 1. The lowest BCUT2D eigenvalue weighted by Crippen LogP contribution is -2.43. The summed E-state index contributed by atoms with van der Waals surface area (Å²) < 4.78 is 6.03. The van der Waals surface area contributed by atoms with Crippen LogP contribution >= 0.6 is 11.3 Å². The first-order valence-corrected chi connectivity index (χ1v) is 8.66. The van der Waals surface area contributed by atoms with Crippen molar-refractivity contribution in [1.82, 2.24) is 5.32 Å². The van der Waals surface area contributed by atoms with Crippen LogP contribution in [0.15, 0.2) is 29.6 Å². The SMILES string of the molecule is Cc1csc(C2=Cc3ccc(N4CCNCC4)cc3OC2)c1. The first kappa shape index (κ1) is 13.9. The number of rotatable bonds is 2. The number of anilines is 1. The van der Waals surface area contributed by atoms with Crippen molar-refractivity contribution >= 4 is 28.7 Å². The predicted octanol–water partition coefficient (Wildman–Crippen LogP) is 3.40. The van der Waals surface area contributed by atoms with Crippen LogP contribution in [0.1, 0.15) is 16.0 Å². The van der Waals surface area contributed by atoms with E-state index in [1.165, 1.54) is 27.3 Å². The van der Waals surface area contributed by atoms with Gasteiger partial charge in [-0.05, 0) is 42.1 Å². The van der Waals surface area contributed by atoms with Crippen LogP contribution in [0, 0.1) is 6.92 Å². The van der Waals surface area contributed by atoms with E-state index in [0.29, 0.717) is 6.61 Å². The second kappa shape index (κ2) is 5.78. The summed E-state index contributed by atoms with van der Waals surface area (Å²) in [7, 11) is 0. The molecule has 0 aliphatic carbocycles. The third-order valence-electron chi connectivity index (χ3n) is 4.24. The molecular formula is C18H20N2OS. The maximum atomic E-state index is 6.03. The van der Waals surface area contributed by atoms with Gasteiger partial charge in [0.1, 0.15) is 12.4 Å². The number of ether oxygens (including phenoxy) is 1. The maximum Gasteiger partial charge on any atom is 0.129 e. The van der Waals surface area contributed by atoms with Crippen LogP contribution in [0.4, 0.5) is 5.69 Å². The summed E-state index contributed by atoms with van der Waals surface area (Å²) in [6, 6.07) is 8.83. The molecule has 1 fully saturated rings. The third kappa shape index (κ3) is 2.64. The van der Waals surface area contributed by atoms with Gasteiger partial charge in [-0.1, -0.05) is 0 Å². The average molecular weight is 312 g/mol. The summed E-state index contributed by atoms with van der Waals surface area (Å²) >= 11 is 1.79. The van der Waals surface area contributed by atoms with Crippen molar-refractivity contribution in [2.45, 2.75) is 6.92 Å². The molecule has 2 aliphatic rings. The van der Waals surface area contributed by atoms with E-state index in [4.69, 9.17) is 4.74 Å². The van der Waals surface area contributed by atoms with E-state index in [1.807, 2.05) is 0 Å². The van der Waals surface area contributed by atoms with Crippen LogP contribution in [-0.2, 0) is 0 Å². The number of aryl methyl sites for hydroxylation is 1. The predicted molar refractivity (Wildman–Crippen MR) is 93.9 cm³/mol.